The predicted octanol–water partition coefficient (Wildman–Crippen LogP) is 4.23. The van der Waals surface area contributed by atoms with Crippen LogP contribution in [-0.4, -0.2) is 44.6 Å². The lowest BCUT2D eigenvalue weighted by atomic mass is 9.81. The van der Waals surface area contributed by atoms with Crippen molar-refractivity contribution < 1.29 is 18.8 Å². The van der Waals surface area contributed by atoms with Gasteiger partial charge >= 0.3 is 0 Å². The lowest BCUT2D eigenvalue weighted by molar-refractivity contribution is -0.147. The molecule has 2 N–H and O–H groups in total. The molecule has 2 fully saturated rings. The zero-order chi connectivity index (χ0) is 28.2. The Bertz CT molecular complexity index is 1420. The number of fused-ring (bicyclic) bond motifs is 1. The van der Waals surface area contributed by atoms with Crippen molar-refractivity contribution in [1.82, 2.24) is 20.2 Å². The average Bonchev–Trinajstić information content (AvgIpc) is 3.18. The third-order valence-electron chi connectivity index (χ3n) is 7.31. The van der Waals surface area contributed by atoms with Crippen LogP contribution in [0, 0.1) is 31.5 Å². The summed E-state index contributed by atoms with van der Waals surface area (Å²) >= 11 is 0. The molecule has 1 saturated heterocycles. The maximum absolute atomic E-state index is 14.6. The second kappa shape index (κ2) is 11.7. The van der Waals surface area contributed by atoms with E-state index in [4.69, 9.17) is 0 Å². The smallest absolute Gasteiger partial charge is 0.253 e. The molecule has 1 saturated carbocycles. The highest BCUT2D eigenvalue weighted by Crippen LogP contribution is 2.39. The number of hydrogen-bond donors (Lipinski definition) is 2. The number of guanidine groups is 1. The molecule has 3 amide bonds. The van der Waals surface area contributed by atoms with E-state index in [2.05, 4.69) is 25.6 Å². The molecule has 5 rings (SSSR count). The Hall–Kier alpha value is -4.47. The van der Waals surface area contributed by atoms with Crippen LogP contribution in [0.3, 0.4) is 0 Å². The number of aromatic nitrogens is 2. The number of amides is 3. The largest absolute Gasteiger partial charge is 0.323 e. The molecular formula is C30H31FN6O3. The third kappa shape index (κ3) is 5.90. The van der Waals surface area contributed by atoms with Crippen molar-refractivity contribution in [2.24, 2.45) is 16.8 Å². The van der Waals surface area contributed by atoms with Crippen molar-refractivity contribution in [2.75, 3.05) is 5.32 Å². The molecular weight excluding hydrogens is 511 g/mol. The van der Waals surface area contributed by atoms with Crippen molar-refractivity contribution in [3.63, 3.8) is 0 Å². The number of hydrogen-bond acceptors (Lipinski definition) is 6. The molecule has 206 valence electrons. The number of nitrogens with one attached hydrogen (secondary N) is 2. The van der Waals surface area contributed by atoms with Gasteiger partial charge in [-0.05, 0) is 50.5 Å². The number of aliphatic imine (C=N–C) groups is 1. The monoisotopic (exact) mass is 542 g/mol. The van der Waals surface area contributed by atoms with Crippen molar-refractivity contribution in [3.05, 3.63) is 83.4 Å². The molecule has 10 heteroatoms. The number of carbonyl (C=O) groups excluding carboxylic acids is 3. The van der Waals surface area contributed by atoms with Crippen LogP contribution in [0.15, 0.2) is 65.7 Å². The Morgan fingerprint density at radius 1 is 0.975 bits per heavy atom. The van der Waals surface area contributed by atoms with Gasteiger partial charge < -0.3 is 5.32 Å². The fourth-order valence-electron chi connectivity index (χ4n) is 5.47. The van der Waals surface area contributed by atoms with Gasteiger partial charge in [0, 0.05) is 17.8 Å². The third-order valence-corrected chi connectivity index (χ3v) is 7.31. The Morgan fingerprint density at radius 2 is 1.57 bits per heavy atom. The highest BCUT2D eigenvalue weighted by molar-refractivity contribution is 6.12. The maximum Gasteiger partial charge on any atom is 0.253 e. The first kappa shape index (κ1) is 27.1. The number of carbonyl (C=O) groups is 3. The van der Waals surface area contributed by atoms with E-state index in [1.54, 1.807) is 32.0 Å². The first-order valence-electron chi connectivity index (χ1n) is 13.4. The number of halogens is 1. The zero-order valence-corrected chi connectivity index (χ0v) is 22.4. The summed E-state index contributed by atoms with van der Waals surface area (Å²) in [6.45, 7) is 3.58. The van der Waals surface area contributed by atoms with Gasteiger partial charge in [0.05, 0.1) is 17.5 Å². The molecule has 0 bridgehead atoms. The topological polar surface area (TPSA) is 117 Å². The minimum atomic E-state index is -1.12. The van der Waals surface area contributed by atoms with E-state index < -0.39 is 29.6 Å². The van der Waals surface area contributed by atoms with E-state index in [9.17, 15) is 18.8 Å². The van der Waals surface area contributed by atoms with E-state index in [0.29, 0.717) is 24.2 Å². The lowest BCUT2D eigenvalue weighted by Crippen LogP contribution is -2.53. The van der Waals surface area contributed by atoms with Gasteiger partial charge in [-0.25, -0.2) is 14.4 Å². The predicted molar refractivity (Wildman–Crippen MR) is 148 cm³/mol. The Balaban J connectivity index is 1.50. The fourth-order valence-corrected chi connectivity index (χ4v) is 5.47. The molecule has 2 aromatic carbocycles. The molecule has 0 spiro atoms. The second-order valence-electron chi connectivity index (χ2n) is 10.3. The number of rotatable bonds is 6. The zero-order valence-electron chi connectivity index (χ0n) is 22.4. The van der Waals surface area contributed by atoms with Gasteiger partial charge in [-0.2, -0.15) is 4.99 Å². The number of likely N-dealkylation sites (tertiary alicyclic amines) is 1. The minimum Gasteiger partial charge on any atom is -0.323 e. The van der Waals surface area contributed by atoms with Gasteiger partial charge in [0.1, 0.15) is 11.9 Å². The van der Waals surface area contributed by atoms with Crippen LogP contribution < -0.4 is 10.6 Å². The number of benzene rings is 2. The second-order valence-corrected chi connectivity index (χ2v) is 10.3. The normalized spacial score (nSPS) is 19.8. The van der Waals surface area contributed by atoms with Crippen LogP contribution in [0.5, 0.6) is 0 Å². The SMILES string of the molecule is Cc1cc(C)nc(N=C(NC(=O)[C@@H](Cc2ccccc2)N2C(=O)[C@H]3CCCC[C@@H]3C2=O)Nc2ccccc2F)n1. The first-order chi connectivity index (χ1) is 19.3. The van der Waals surface area contributed by atoms with Crippen molar-refractivity contribution in [3.8, 4) is 0 Å². The molecule has 0 radical (unpaired) electrons. The van der Waals surface area contributed by atoms with E-state index in [1.165, 1.54) is 12.1 Å². The Morgan fingerprint density at radius 3 is 2.20 bits per heavy atom. The van der Waals surface area contributed by atoms with E-state index in [0.717, 1.165) is 23.3 Å². The lowest BCUT2D eigenvalue weighted by Gasteiger charge is -2.26. The maximum atomic E-state index is 14.6. The molecule has 1 aliphatic heterocycles. The number of nitrogens with zero attached hydrogens (tertiary/aromatic N) is 4. The molecule has 40 heavy (non-hydrogen) atoms. The average molecular weight is 543 g/mol. The molecule has 1 aliphatic carbocycles. The van der Waals surface area contributed by atoms with Gasteiger partial charge in [0.15, 0.2) is 0 Å². The van der Waals surface area contributed by atoms with E-state index in [-0.39, 0.29) is 35.8 Å². The first-order valence-corrected chi connectivity index (χ1v) is 13.4. The number of imide groups is 1. The number of aryl methyl sites for hydroxylation is 2. The summed E-state index contributed by atoms with van der Waals surface area (Å²) in [5, 5.41) is 5.53. The fraction of sp³-hybridized carbons (Fsp3) is 0.333. The van der Waals surface area contributed by atoms with E-state index >= 15 is 0 Å². The van der Waals surface area contributed by atoms with Gasteiger partial charge in [0.2, 0.25) is 23.7 Å². The summed E-state index contributed by atoms with van der Waals surface area (Å²) in [6, 6.07) is 15.8. The van der Waals surface area contributed by atoms with Gasteiger partial charge in [-0.1, -0.05) is 55.3 Å². The Labute approximate surface area is 231 Å². The molecule has 1 aromatic heterocycles. The van der Waals surface area contributed by atoms with Crippen LogP contribution in [0.25, 0.3) is 0 Å². The van der Waals surface area contributed by atoms with Crippen LogP contribution >= 0.6 is 0 Å². The number of anilines is 1. The quantitative estimate of drug-likeness (QED) is 0.274. The van der Waals surface area contributed by atoms with Gasteiger partial charge in [-0.15, -0.1) is 0 Å². The van der Waals surface area contributed by atoms with Gasteiger partial charge in [-0.3, -0.25) is 24.6 Å². The van der Waals surface area contributed by atoms with Crippen LogP contribution in [0.2, 0.25) is 0 Å². The molecule has 3 aromatic rings. The van der Waals surface area contributed by atoms with Crippen molar-refractivity contribution >= 4 is 35.3 Å². The number of para-hydroxylation sites is 1. The summed E-state index contributed by atoms with van der Waals surface area (Å²) < 4.78 is 14.6. The molecule has 2 aliphatic rings. The van der Waals surface area contributed by atoms with Crippen LogP contribution in [0.1, 0.15) is 42.6 Å². The van der Waals surface area contributed by atoms with Crippen LogP contribution in [0.4, 0.5) is 16.0 Å². The van der Waals surface area contributed by atoms with E-state index in [1.807, 2.05) is 30.3 Å². The molecule has 0 unspecified atom stereocenters. The van der Waals surface area contributed by atoms with Crippen LogP contribution in [-0.2, 0) is 20.8 Å². The summed E-state index contributed by atoms with van der Waals surface area (Å²) in [7, 11) is 0. The van der Waals surface area contributed by atoms with Crippen molar-refractivity contribution in [1.29, 1.82) is 0 Å². The summed E-state index contributed by atoms with van der Waals surface area (Å²) in [5.41, 5.74) is 2.20. The molecule has 3 atom stereocenters. The standard InChI is InChI=1S/C30H31FN6O3/c1-18-16-19(2)33-29(32-18)36-30(34-24-15-9-8-14-23(24)31)35-26(38)25(17-20-10-4-3-5-11-20)37-27(39)21-12-6-7-13-22(21)28(37)40/h3-5,8-11,14-16,21-22,25H,6-7,12-13,17H2,1-2H3,(H2,32,33,34,35,36,38)/t21-,22-,25+/m0/s1. The van der Waals surface area contributed by atoms with Gasteiger partial charge in [0.25, 0.3) is 5.95 Å². The summed E-state index contributed by atoms with van der Waals surface area (Å²) in [5.74, 6) is -2.68. The molecule has 9 nitrogen and oxygen atoms in total. The Kier molecular flexibility index (Phi) is 7.95. The highest BCUT2D eigenvalue weighted by Gasteiger charge is 2.51. The summed E-state index contributed by atoms with van der Waals surface area (Å²) in [6.07, 6.45) is 3.15. The summed E-state index contributed by atoms with van der Waals surface area (Å²) in [4.78, 5) is 55.0. The molecule has 2 heterocycles. The minimum absolute atomic E-state index is 0.0654. The highest BCUT2D eigenvalue weighted by atomic mass is 19.1. The van der Waals surface area contributed by atoms with Crippen molar-refractivity contribution in [2.45, 2.75) is 52.0 Å².